The van der Waals surface area contributed by atoms with Crippen molar-refractivity contribution in [2.45, 2.75) is 43.9 Å². The molecular weight excluding hydrogens is 405 g/mol. The van der Waals surface area contributed by atoms with Gasteiger partial charge in [-0.05, 0) is 41.8 Å². The number of methoxy groups -OCH3 is 2. The molecule has 31 heavy (non-hydrogen) atoms. The van der Waals surface area contributed by atoms with Crippen molar-refractivity contribution in [3.63, 3.8) is 0 Å². The van der Waals surface area contributed by atoms with Gasteiger partial charge in [-0.2, -0.15) is 0 Å². The highest BCUT2D eigenvalue weighted by Gasteiger charge is 2.38. The number of halogens is 1. The van der Waals surface area contributed by atoms with Gasteiger partial charge < -0.3 is 18.9 Å². The summed E-state index contributed by atoms with van der Waals surface area (Å²) in [6, 6.07) is 10.8. The molecule has 1 fully saturated rings. The molecule has 0 aliphatic carbocycles. The lowest BCUT2D eigenvalue weighted by Gasteiger charge is -2.28. The minimum Gasteiger partial charge on any atom is -0.493 e. The number of hydrogen-bond donors (Lipinski definition) is 0. The molecule has 1 unspecified atom stereocenters. The molecule has 0 bridgehead atoms. The zero-order valence-electron chi connectivity index (χ0n) is 17.8. The summed E-state index contributed by atoms with van der Waals surface area (Å²) in [6.07, 6.45) is 2.18. The van der Waals surface area contributed by atoms with Crippen LogP contribution in [0.1, 0.15) is 30.4 Å². The van der Waals surface area contributed by atoms with E-state index in [2.05, 4.69) is 0 Å². The Morgan fingerprint density at radius 1 is 1.03 bits per heavy atom. The van der Waals surface area contributed by atoms with E-state index in [1.54, 1.807) is 31.4 Å². The number of rotatable bonds is 11. The highest BCUT2D eigenvalue weighted by molar-refractivity contribution is 5.43. The molecule has 0 N–H and O–H groups in total. The van der Waals surface area contributed by atoms with Gasteiger partial charge in [0.15, 0.2) is 17.3 Å². The number of nitro groups is 1. The molecule has 0 aromatic heterocycles. The lowest BCUT2D eigenvalue weighted by molar-refractivity contribution is -0.524. The molecule has 1 aliphatic heterocycles. The van der Waals surface area contributed by atoms with Gasteiger partial charge in [0.2, 0.25) is 6.04 Å². The minimum atomic E-state index is -0.847. The van der Waals surface area contributed by atoms with Crippen molar-refractivity contribution in [1.29, 1.82) is 0 Å². The molecule has 2 aromatic rings. The van der Waals surface area contributed by atoms with E-state index < -0.39 is 11.8 Å². The van der Waals surface area contributed by atoms with Crippen molar-refractivity contribution in [1.82, 2.24) is 0 Å². The SMILES string of the molecule is COc1ccc(CC(CCC2(CCc3ccc(F)cc3)OCCO2)[N+](=O)[O-])cc1OC. The summed E-state index contributed by atoms with van der Waals surface area (Å²) in [6.45, 7) is 0.921. The largest absolute Gasteiger partial charge is 0.493 e. The molecule has 8 heteroatoms. The van der Waals surface area contributed by atoms with Crippen LogP contribution in [-0.4, -0.2) is 44.2 Å². The second kappa shape index (κ2) is 10.5. The lowest BCUT2D eigenvalue weighted by Crippen LogP contribution is -2.34. The third-order valence-electron chi connectivity index (χ3n) is 5.60. The van der Waals surface area contributed by atoms with Crippen LogP contribution in [-0.2, 0) is 22.3 Å². The Hall–Kier alpha value is -2.71. The van der Waals surface area contributed by atoms with Crippen molar-refractivity contribution in [3.05, 3.63) is 69.5 Å². The van der Waals surface area contributed by atoms with Crippen LogP contribution < -0.4 is 9.47 Å². The third-order valence-corrected chi connectivity index (χ3v) is 5.60. The van der Waals surface area contributed by atoms with Gasteiger partial charge in [-0.25, -0.2) is 4.39 Å². The number of ether oxygens (including phenoxy) is 4. The Morgan fingerprint density at radius 3 is 2.29 bits per heavy atom. The summed E-state index contributed by atoms with van der Waals surface area (Å²) in [5.41, 5.74) is 1.77. The molecule has 0 radical (unpaired) electrons. The summed E-state index contributed by atoms with van der Waals surface area (Å²) >= 11 is 0. The van der Waals surface area contributed by atoms with E-state index in [9.17, 15) is 14.5 Å². The summed E-state index contributed by atoms with van der Waals surface area (Å²) in [4.78, 5) is 11.5. The average molecular weight is 433 g/mol. The van der Waals surface area contributed by atoms with E-state index in [1.807, 2.05) is 6.07 Å². The highest BCUT2D eigenvalue weighted by Crippen LogP contribution is 2.33. The van der Waals surface area contributed by atoms with Crippen molar-refractivity contribution in [3.8, 4) is 11.5 Å². The lowest BCUT2D eigenvalue weighted by atomic mass is 9.95. The fraction of sp³-hybridized carbons (Fsp3) is 0.478. The standard InChI is InChI=1S/C23H28FNO6/c1-28-21-8-5-18(16-22(21)29-2)15-20(25(26)27)10-12-23(30-13-14-31-23)11-9-17-3-6-19(24)7-4-17/h3-8,16,20H,9-15H2,1-2H3. The normalized spacial score (nSPS) is 16.1. The quantitative estimate of drug-likeness (QED) is 0.391. The smallest absolute Gasteiger partial charge is 0.217 e. The van der Waals surface area contributed by atoms with Gasteiger partial charge in [-0.3, -0.25) is 10.1 Å². The molecule has 0 amide bonds. The van der Waals surface area contributed by atoms with Gasteiger partial charge in [0.05, 0.1) is 27.4 Å². The van der Waals surface area contributed by atoms with Crippen LogP contribution in [0.3, 0.4) is 0 Å². The third kappa shape index (κ3) is 6.15. The molecule has 3 rings (SSSR count). The van der Waals surface area contributed by atoms with Crippen LogP contribution in [0.5, 0.6) is 11.5 Å². The predicted octanol–water partition coefficient (Wildman–Crippen LogP) is 4.19. The minimum absolute atomic E-state index is 0.251. The Labute approximate surface area is 181 Å². The molecule has 1 atom stereocenters. The molecule has 1 aliphatic rings. The van der Waals surface area contributed by atoms with E-state index >= 15 is 0 Å². The van der Waals surface area contributed by atoms with E-state index in [0.29, 0.717) is 50.4 Å². The zero-order chi connectivity index (χ0) is 22.3. The second-order valence-corrected chi connectivity index (χ2v) is 7.61. The van der Waals surface area contributed by atoms with Crippen molar-refractivity contribution < 1.29 is 28.3 Å². The van der Waals surface area contributed by atoms with Gasteiger partial charge in [-0.15, -0.1) is 0 Å². The van der Waals surface area contributed by atoms with Gasteiger partial charge in [-0.1, -0.05) is 18.2 Å². The highest BCUT2D eigenvalue weighted by atomic mass is 19.1. The van der Waals surface area contributed by atoms with E-state index in [1.165, 1.54) is 19.2 Å². The maximum absolute atomic E-state index is 13.1. The fourth-order valence-corrected chi connectivity index (χ4v) is 3.84. The van der Waals surface area contributed by atoms with Gasteiger partial charge in [0.1, 0.15) is 5.82 Å². The van der Waals surface area contributed by atoms with Crippen LogP contribution in [0.25, 0.3) is 0 Å². The zero-order valence-corrected chi connectivity index (χ0v) is 17.8. The fourth-order valence-electron chi connectivity index (χ4n) is 3.84. The first kappa shape index (κ1) is 23.0. The number of nitrogens with zero attached hydrogens (tertiary/aromatic N) is 1. The Morgan fingerprint density at radius 2 is 1.68 bits per heavy atom. The first-order valence-corrected chi connectivity index (χ1v) is 10.3. The van der Waals surface area contributed by atoms with Crippen LogP contribution >= 0.6 is 0 Å². The summed E-state index contributed by atoms with van der Waals surface area (Å²) in [5, 5.41) is 11.7. The first-order valence-electron chi connectivity index (χ1n) is 10.3. The molecule has 0 spiro atoms. The molecule has 1 saturated heterocycles. The summed E-state index contributed by atoms with van der Waals surface area (Å²) in [7, 11) is 3.08. The molecule has 0 saturated carbocycles. The first-order chi connectivity index (χ1) is 14.9. The van der Waals surface area contributed by atoms with Crippen molar-refractivity contribution >= 4 is 0 Å². The molecule has 2 aromatic carbocycles. The maximum Gasteiger partial charge on any atom is 0.217 e. The van der Waals surface area contributed by atoms with Crippen LogP contribution in [0.4, 0.5) is 4.39 Å². The summed E-state index contributed by atoms with van der Waals surface area (Å²) in [5.74, 6) is -0.00666. The van der Waals surface area contributed by atoms with Gasteiger partial charge in [0.25, 0.3) is 0 Å². The molecular formula is C23H28FNO6. The van der Waals surface area contributed by atoms with Crippen molar-refractivity contribution in [2.75, 3.05) is 27.4 Å². The predicted molar refractivity (Wildman–Crippen MR) is 113 cm³/mol. The second-order valence-electron chi connectivity index (χ2n) is 7.61. The average Bonchev–Trinajstić information content (AvgIpc) is 3.25. The van der Waals surface area contributed by atoms with Gasteiger partial charge in [0, 0.05) is 30.6 Å². The maximum atomic E-state index is 13.1. The number of hydrogen-bond acceptors (Lipinski definition) is 6. The summed E-state index contributed by atoms with van der Waals surface area (Å²) < 4.78 is 35.4. The molecule has 168 valence electrons. The van der Waals surface area contributed by atoms with Crippen LogP contribution in [0.15, 0.2) is 42.5 Å². The molecule has 1 heterocycles. The Balaban J connectivity index is 1.64. The van der Waals surface area contributed by atoms with Gasteiger partial charge >= 0.3 is 0 Å². The number of aryl methyl sites for hydroxylation is 1. The van der Waals surface area contributed by atoms with Crippen LogP contribution in [0, 0.1) is 15.9 Å². The number of benzene rings is 2. The molecule has 7 nitrogen and oxygen atoms in total. The topological polar surface area (TPSA) is 80.1 Å². The van der Waals surface area contributed by atoms with E-state index in [-0.39, 0.29) is 17.2 Å². The van der Waals surface area contributed by atoms with E-state index in [0.717, 1.165) is 11.1 Å². The monoisotopic (exact) mass is 433 g/mol. The Bertz CT molecular complexity index is 867. The van der Waals surface area contributed by atoms with E-state index in [4.69, 9.17) is 18.9 Å². The van der Waals surface area contributed by atoms with Crippen LogP contribution in [0.2, 0.25) is 0 Å². The Kier molecular flexibility index (Phi) is 7.81. The van der Waals surface area contributed by atoms with Crippen molar-refractivity contribution in [2.24, 2.45) is 0 Å².